The average molecular weight is 275 g/mol. The van der Waals surface area contributed by atoms with Crippen molar-refractivity contribution in [1.82, 2.24) is 0 Å². The molecule has 0 atom stereocenters. The molecule has 1 aromatic rings. The highest BCUT2D eigenvalue weighted by Crippen LogP contribution is 2.48. The number of benzene rings is 1. The van der Waals surface area contributed by atoms with E-state index in [1.54, 1.807) is 0 Å². The Hall–Kier alpha value is -1.17. The van der Waals surface area contributed by atoms with Gasteiger partial charge in [-0.25, -0.2) is 0 Å². The molecule has 0 nitrogen and oxygen atoms in total. The predicted octanol–water partition coefficient (Wildman–Crippen LogP) is 4.76. The van der Waals surface area contributed by atoms with Crippen molar-refractivity contribution in [3.8, 4) is 0 Å². The zero-order chi connectivity index (χ0) is 13.3. The van der Waals surface area contributed by atoms with Crippen LogP contribution in [0.3, 0.4) is 0 Å². The van der Waals surface area contributed by atoms with Crippen LogP contribution in [0.1, 0.15) is 5.56 Å². The maximum atomic E-state index is 13.1. The molecular weight excluding hydrogens is 270 g/mol. The van der Waals surface area contributed by atoms with Gasteiger partial charge in [-0.05, 0) is 17.2 Å². The quantitative estimate of drug-likeness (QED) is 0.550. The third-order valence-electron chi connectivity index (χ3n) is 1.92. The molecule has 0 N–H and O–H groups in total. The minimum atomic E-state index is -5.16. The van der Waals surface area contributed by atoms with Crippen LogP contribution in [0.5, 0.6) is 0 Å². The fraction of sp³-hybridized carbons (Fsp3) is 0.200. The van der Waals surface area contributed by atoms with Crippen molar-refractivity contribution >= 4 is 17.2 Å². The van der Waals surface area contributed by atoms with Crippen molar-refractivity contribution in [1.29, 1.82) is 0 Å². The summed E-state index contributed by atoms with van der Waals surface area (Å²) in [6.07, 6.45) is -2.90. The van der Waals surface area contributed by atoms with E-state index in [9.17, 15) is 26.3 Å². The SMILES string of the molecule is FC(F)=C(c1ccccc1)C(F)(F)C(F)(F)Cl. The summed E-state index contributed by atoms with van der Waals surface area (Å²) in [6, 6.07) is 5.44. The first kappa shape index (κ1) is 13.9. The second-order valence-electron chi connectivity index (χ2n) is 3.07. The van der Waals surface area contributed by atoms with E-state index >= 15 is 0 Å². The molecule has 0 amide bonds. The van der Waals surface area contributed by atoms with E-state index < -0.39 is 28.5 Å². The average Bonchev–Trinajstić information content (AvgIpc) is 2.16. The first-order chi connectivity index (χ1) is 7.68. The molecule has 0 fully saturated rings. The van der Waals surface area contributed by atoms with E-state index in [-0.39, 0.29) is 0 Å². The number of hydrogen-bond acceptors (Lipinski definition) is 0. The summed E-state index contributed by atoms with van der Waals surface area (Å²) in [4.78, 5) is 0. The Bertz CT molecular complexity index is 416. The normalized spacial score (nSPS) is 12.4. The molecule has 0 bridgehead atoms. The largest absolute Gasteiger partial charge is 0.388 e. The summed E-state index contributed by atoms with van der Waals surface area (Å²) >= 11 is 4.16. The molecule has 1 rings (SSSR count). The lowest BCUT2D eigenvalue weighted by molar-refractivity contribution is -0.116. The standard InChI is InChI=1S/C10H5ClF6/c11-10(16,17)9(14,15)7(8(12)13)6-4-2-1-3-5-6/h1-5H. The molecule has 7 heteroatoms. The summed E-state index contributed by atoms with van der Waals surface area (Å²) < 4.78 is 75.9. The number of alkyl halides is 5. The molecule has 0 aliphatic rings. The van der Waals surface area contributed by atoms with Crippen molar-refractivity contribution in [2.45, 2.75) is 11.3 Å². The maximum Gasteiger partial charge on any atom is 0.388 e. The number of rotatable bonds is 3. The molecule has 0 aliphatic carbocycles. The van der Waals surface area contributed by atoms with Gasteiger partial charge < -0.3 is 0 Å². The lowest BCUT2D eigenvalue weighted by atomic mass is 10.0. The van der Waals surface area contributed by atoms with Gasteiger partial charge in [-0.2, -0.15) is 26.3 Å². The van der Waals surface area contributed by atoms with Crippen molar-refractivity contribution < 1.29 is 26.3 Å². The second-order valence-corrected chi connectivity index (χ2v) is 3.55. The highest BCUT2D eigenvalue weighted by atomic mass is 35.5. The van der Waals surface area contributed by atoms with Crippen LogP contribution in [0.15, 0.2) is 36.4 Å². The van der Waals surface area contributed by atoms with E-state index in [0.717, 1.165) is 12.1 Å². The van der Waals surface area contributed by atoms with Gasteiger partial charge in [0.05, 0.1) is 0 Å². The van der Waals surface area contributed by atoms with Crippen molar-refractivity contribution in [2.75, 3.05) is 0 Å². The maximum absolute atomic E-state index is 13.1. The third kappa shape index (κ3) is 2.74. The Morgan fingerprint density at radius 1 is 0.941 bits per heavy atom. The number of hydrogen-bond donors (Lipinski definition) is 0. The van der Waals surface area contributed by atoms with Gasteiger partial charge in [-0.15, -0.1) is 0 Å². The minimum Gasteiger partial charge on any atom is -0.192 e. The van der Waals surface area contributed by atoms with E-state index in [2.05, 4.69) is 11.6 Å². The first-order valence-corrected chi connectivity index (χ1v) is 4.61. The molecule has 0 unspecified atom stereocenters. The van der Waals surface area contributed by atoms with Crippen molar-refractivity contribution in [3.05, 3.63) is 42.0 Å². The lowest BCUT2D eigenvalue weighted by Crippen LogP contribution is -2.37. The van der Waals surface area contributed by atoms with E-state index in [4.69, 9.17) is 0 Å². The molecule has 0 aliphatic heterocycles. The summed E-state index contributed by atoms with van der Waals surface area (Å²) in [5.41, 5.74) is -2.78. The molecule has 0 heterocycles. The molecular formula is C10H5ClF6. The van der Waals surface area contributed by atoms with Crippen LogP contribution in [-0.4, -0.2) is 11.3 Å². The van der Waals surface area contributed by atoms with E-state index in [1.165, 1.54) is 18.2 Å². The number of allylic oxidation sites excluding steroid dienone is 1. The van der Waals surface area contributed by atoms with Crippen LogP contribution in [0, 0.1) is 0 Å². The van der Waals surface area contributed by atoms with Gasteiger partial charge in [0.25, 0.3) is 6.08 Å². The van der Waals surface area contributed by atoms with Gasteiger partial charge in [0.2, 0.25) is 0 Å². The zero-order valence-corrected chi connectivity index (χ0v) is 8.79. The molecule has 0 spiro atoms. The van der Waals surface area contributed by atoms with Gasteiger partial charge in [-0.3, -0.25) is 0 Å². The summed E-state index contributed by atoms with van der Waals surface area (Å²) in [5, 5.41) is -5.10. The number of halogens is 7. The molecule has 17 heavy (non-hydrogen) atoms. The highest BCUT2D eigenvalue weighted by molar-refractivity contribution is 6.23. The third-order valence-corrected chi connectivity index (χ3v) is 2.16. The molecule has 94 valence electrons. The summed E-state index contributed by atoms with van der Waals surface area (Å²) in [5.74, 6) is -5.16. The van der Waals surface area contributed by atoms with Crippen LogP contribution in [0.25, 0.3) is 5.57 Å². The smallest absolute Gasteiger partial charge is 0.192 e. The summed E-state index contributed by atoms with van der Waals surface area (Å²) in [7, 11) is 0. The highest BCUT2D eigenvalue weighted by Gasteiger charge is 2.59. The fourth-order valence-corrected chi connectivity index (χ4v) is 1.25. The Balaban J connectivity index is 3.38. The molecule has 0 radical (unpaired) electrons. The Labute approximate surface area is 97.5 Å². The molecule has 0 saturated carbocycles. The van der Waals surface area contributed by atoms with Crippen LogP contribution in [0.4, 0.5) is 26.3 Å². The second kappa shape index (κ2) is 4.60. The van der Waals surface area contributed by atoms with Gasteiger partial charge in [0.1, 0.15) is 5.57 Å². The van der Waals surface area contributed by atoms with Crippen LogP contribution < -0.4 is 0 Å². The lowest BCUT2D eigenvalue weighted by Gasteiger charge is -2.23. The minimum absolute atomic E-state index is 0.710. The Morgan fingerprint density at radius 3 is 1.76 bits per heavy atom. The Morgan fingerprint density at radius 2 is 1.41 bits per heavy atom. The van der Waals surface area contributed by atoms with Crippen LogP contribution in [0.2, 0.25) is 0 Å². The monoisotopic (exact) mass is 274 g/mol. The van der Waals surface area contributed by atoms with Crippen molar-refractivity contribution in [2.24, 2.45) is 0 Å². The van der Waals surface area contributed by atoms with Gasteiger partial charge >= 0.3 is 11.3 Å². The van der Waals surface area contributed by atoms with Crippen molar-refractivity contribution in [3.63, 3.8) is 0 Å². The van der Waals surface area contributed by atoms with Gasteiger partial charge in [-0.1, -0.05) is 30.3 Å². The first-order valence-electron chi connectivity index (χ1n) is 4.23. The molecule has 0 saturated heterocycles. The predicted molar refractivity (Wildman–Crippen MR) is 51.3 cm³/mol. The fourth-order valence-electron chi connectivity index (χ4n) is 1.16. The van der Waals surface area contributed by atoms with Gasteiger partial charge in [0.15, 0.2) is 0 Å². The molecule has 0 aromatic heterocycles. The molecule has 1 aromatic carbocycles. The van der Waals surface area contributed by atoms with E-state index in [0.29, 0.717) is 0 Å². The van der Waals surface area contributed by atoms with Crippen LogP contribution >= 0.6 is 11.6 Å². The van der Waals surface area contributed by atoms with Gasteiger partial charge in [0, 0.05) is 0 Å². The van der Waals surface area contributed by atoms with E-state index in [1.807, 2.05) is 0 Å². The zero-order valence-electron chi connectivity index (χ0n) is 8.03. The Kier molecular flexibility index (Phi) is 3.76. The topological polar surface area (TPSA) is 0 Å². The van der Waals surface area contributed by atoms with Crippen LogP contribution in [-0.2, 0) is 0 Å². The summed E-state index contributed by atoms with van der Waals surface area (Å²) in [6.45, 7) is 0.